The molecule has 0 spiro atoms. The van der Waals surface area contributed by atoms with Gasteiger partial charge >= 0.3 is 5.97 Å². The van der Waals surface area contributed by atoms with Crippen LogP contribution >= 0.6 is 0 Å². The highest BCUT2D eigenvalue weighted by atomic mass is 16.5. The molecule has 0 aromatic heterocycles. The van der Waals surface area contributed by atoms with Gasteiger partial charge in [0.1, 0.15) is 0 Å². The zero-order chi connectivity index (χ0) is 59.2. The van der Waals surface area contributed by atoms with Gasteiger partial charge in [-0.25, -0.2) is 0 Å². The molecule has 2 atom stereocenters. The highest BCUT2D eigenvalue weighted by molar-refractivity contribution is 5.76. The van der Waals surface area contributed by atoms with Crippen LogP contribution < -0.4 is 5.32 Å². The van der Waals surface area contributed by atoms with Gasteiger partial charge in [0.25, 0.3) is 0 Å². The molecule has 0 aliphatic rings. The molecule has 2 unspecified atom stereocenters. The normalized spacial score (nSPS) is 12.7. The van der Waals surface area contributed by atoms with Crippen molar-refractivity contribution in [3.05, 3.63) is 36.5 Å². The Balaban J connectivity index is 3.35. The van der Waals surface area contributed by atoms with Crippen molar-refractivity contribution in [2.24, 2.45) is 0 Å². The maximum absolute atomic E-state index is 12.5. The molecular formula is C76H145NO5. The van der Waals surface area contributed by atoms with Gasteiger partial charge in [0, 0.05) is 12.8 Å². The predicted octanol–water partition coefficient (Wildman–Crippen LogP) is 24.3. The average molecular weight is 1150 g/mol. The van der Waals surface area contributed by atoms with Crippen molar-refractivity contribution in [1.29, 1.82) is 0 Å². The fourth-order valence-electron chi connectivity index (χ4n) is 11.7. The smallest absolute Gasteiger partial charge is 0.305 e. The highest BCUT2D eigenvalue weighted by Crippen LogP contribution is 2.19. The minimum Gasteiger partial charge on any atom is -0.466 e. The number of carbonyl (C=O) groups excluding carboxylic acids is 2. The number of hydrogen-bond donors (Lipinski definition) is 3. The summed E-state index contributed by atoms with van der Waals surface area (Å²) in [6.45, 7) is 4.91. The van der Waals surface area contributed by atoms with Gasteiger partial charge in [-0.3, -0.25) is 9.59 Å². The lowest BCUT2D eigenvalue weighted by atomic mass is 10.0. The van der Waals surface area contributed by atoms with Gasteiger partial charge in [-0.15, -0.1) is 0 Å². The number of allylic oxidation sites excluding steroid dienone is 5. The van der Waals surface area contributed by atoms with Crippen LogP contribution in [0.2, 0.25) is 0 Å². The summed E-state index contributed by atoms with van der Waals surface area (Å²) in [6, 6.07) is -0.625. The highest BCUT2D eigenvalue weighted by Gasteiger charge is 2.18. The monoisotopic (exact) mass is 1150 g/mol. The van der Waals surface area contributed by atoms with E-state index in [1.54, 1.807) is 6.08 Å². The molecular weight excluding hydrogens is 1010 g/mol. The molecule has 0 fully saturated rings. The number of carbonyl (C=O) groups is 2. The van der Waals surface area contributed by atoms with E-state index in [0.29, 0.717) is 19.4 Å². The molecule has 0 saturated heterocycles. The first-order valence-corrected chi connectivity index (χ1v) is 37.3. The molecule has 82 heavy (non-hydrogen) atoms. The van der Waals surface area contributed by atoms with Crippen molar-refractivity contribution in [1.82, 2.24) is 5.32 Å². The summed E-state index contributed by atoms with van der Waals surface area (Å²) in [5.74, 6) is -0.0533. The second kappa shape index (κ2) is 71.6. The van der Waals surface area contributed by atoms with Crippen molar-refractivity contribution in [3.8, 4) is 0 Å². The summed E-state index contributed by atoms with van der Waals surface area (Å²) in [5, 5.41) is 23.2. The molecule has 0 rings (SSSR count). The third kappa shape index (κ3) is 67.2. The zero-order valence-electron chi connectivity index (χ0n) is 55.5. The van der Waals surface area contributed by atoms with E-state index in [4.69, 9.17) is 4.74 Å². The second-order valence-corrected chi connectivity index (χ2v) is 25.6. The Labute approximate surface area is 513 Å². The Kier molecular flexibility index (Phi) is 69.9. The number of aliphatic hydroxyl groups excluding tert-OH is 2. The van der Waals surface area contributed by atoms with Gasteiger partial charge in [-0.05, 0) is 64.2 Å². The lowest BCUT2D eigenvalue weighted by Crippen LogP contribution is -2.45. The summed E-state index contributed by atoms with van der Waals surface area (Å²) in [5.41, 5.74) is 0. The number of rotatable bonds is 70. The van der Waals surface area contributed by atoms with E-state index in [1.807, 2.05) is 6.08 Å². The largest absolute Gasteiger partial charge is 0.466 e. The summed E-state index contributed by atoms with van der Waals surface area (Å²) in [7, 11) is 0. The second-order valence-electron chi connectivity index (χ2n) is 25.6. The molecule has 6 nitrogen and oxygen atoms in total. The van der Waals surface area contributed by atoms with Crippen LogP contribution in [-0.4, -0.2) is 47.4 Å². The van der Waals surface area contributed by atoms with Crippen LogP contribution in [0.15, 0.2) is 36.5 Å². The lowest BCUT2D eigenvalue weighted by molar-refractivity contribution is -0.143. The minimum absolute atomic E-state index is 0.00682. The van der Waals surface area contributed by atoms with Gasteiger partial charge in [-0.2, -0.15) is 0 Å². The minimum atomic E-state index is -0.842. The van der Waals surface area contributed by atoms with E-state index in [-0.39, 0.29) is 18.5 Å². The lowest BCUT2D eigenvalue weighted by Gasteiger charge is -2.20. The first kappa shape index (κ1) is 80.1. The first-order valence-electron chi connectivity index (χ1n) is 37.3. The van der Waals surface area contributed by atoms with Crippen LogP contribution in [0.25, 0.3) is 0 Å². The number of hydrogen-bond acceptors (Lipinski definition) is 5. The van der Waals surface area contributed by atoms with Crippen LogP contribution in [-0.2, 0) is 14.3 Å². The van der Waals surface area contributed by atoms with E-state index in [2.05, 4.69) is 43.5 Å². The number of nitrogens with one attached hydrogen (secondary N) is 1. The van der Waals surface area contributed by atoms with E-state index in [9.17, 15) is 19.8 Å². The maximum Gasteiger partial charge on any atom is 0.305 e. The number of esters is 1. The molecule has 0 aliphatic heterocycles. The number of ether oxygens (including phenoxy) is 1. The molecule has 0 radical (unpaired) electrons. The van der Waals surface area contributed by atoms with E-state index < -0.39 is 12.1 Å². The Hall–Kier alpha value is -1.92. The summed E-state index contributed by atoms with van der Waals surface area (Å²) < 4.78 is 5.49. The summed E-state index contributed by atoms with van der Waals surface area (Å²) >= 11 is 0. The summed E-state index contributed by atoms with van der Waals surface area (Å²) in [6.07, 6.45) is 92.4. The van der Waals surface area contributed by atoms with Gasteiger partial charge < -0.3 is 20.3 Å². The van der Waals surface area contributed by atoms with Gasteiger partial charge in [-0.1, -0.05) is 371 Å². The number of unbranched alkanes of at least 4 members (excludes halogenated alkanes) is 55. The fourth-order valence-corrected chi connectivity index (χ4v) is 11.7. The maximum atomic E-state index is 12.5. The van der Waals surface area contributed by atoms with Crippen molar-refractivity contribution < 1.29 is 24.5 Å². The van der Waals surface area contributed by atoms with Crippen molar-refractivity contribution in [3.63, 3.8) is 0 Å². The molecule has 0 saturated carbocycles. The fraction of sp³-hybridized carbons (Fsp3) is 0.895. The molecule has 484 valence electrons. The first-order chi connectivity index (χ1) is 40.5. The number of aliphatic hydroxyl groups is 2. The Bertz CT molecular complexity index is 1330. The Morgan fingerprint density at radius 1 is 0.341 bits per heavy atom. The van der Waals surface area contributed by atoms with Gasteiger partial charge in [0.05, 0.1) is 25.4 Å². The van der Waals surface area contributed by atoms with Crippen LogP contribution in [0.5, 0.6) is 0 Å². The van der Waals surface area contributed by atoms with Crippen molar-refractivity contribution >= 4 is 11.9 Å². The quantitative estimate of drug-likeness (QED) is 0.0320. The molecule has 0 aromatic rings. The average Bonchev–Trinajstić information content (AvgIpc) is 3.48. The van der Waals surface area contributed by atoms with E-state index in [1.165, 1.54) is 334 Å². The third-order valence-electron chi connectivity index (χ3n) is 17.4. The van der Waals surface area contributed by atoms with Crippen LogP contribution in [0.3, 0.4) is 0 Å². The Morgan fingerprint density at radius 2 is 0.610 bits per heavy atom. The number of amides is 1. The van der Waals surface area contributed by atoms with Gasteiger partial charge in [0.15, 0.2) is 0 Å². The topological polar surface area (TPSA) is 95.9 Å². The van der Waals surface area contributed by atoms with E-state index >= 15 is 0 Å². The molecule has 3 N–H and O–H groups in total. The van der Waals surface area contributed by atoms with Crippen LogP contribution in [0.1, 0.15) is 412 Å². The summed E-state index contributed by atoms with van der Waals surface area (Å²) in [4.78, 5) is 24.6. The van der Waals surface area contributed by atoms with E-state index in [0.717, 1.165) is 51.4 Å². The van der Waals surface area contributed by atoms with Crippen LogP contribution in [0, 0.1) is 0 Å². The predicted molar refractivity (Wildman–Crippen MR) is 361 cm³/mol. The molecule has 0 aromatic carbocycles. The third-order valence-corrected chi connectivity index (χ3v) is 17.4. The van der Waals surface area contributed by atoms with Crippen molar-refractivity contribution in [2.75, 3.05) is 13.2 Å². The standard InChI is InChI=1S/C76H145NO5/c1-3-5-7-9-11-13-15-17-19-20-34-37-41-44-48-52-56-60-64-68-74(79)73(72-78)77-75(80)69-65-61-57-53-49-45-42-38-35-32-30-28-26-24-22-21-23-25-27-29-31-33-36-39-43-47-51-55-59-63-67-71-82-76(81)70-66-62-58-54-50-46-40-18-16-14-12-10-8-6-4-2/h12,14,18,40,64,68,73-74,78-79H,3-11,13,15-17,19-39,41-63,65-67,69-72H2,1-2H3,(H,77,80)/b14-12-,40-18-,68-64+. The zero-order valence-corrected chi connectivity index (χ0v) is 55.5. The molecule has 6 heteroatoms. The SMILES string of the molecule is CCCCC/C=C\C/C=C\CCCCCCCC(=O)OCCCCCCCCCCCCCCCCCCCCCCCCCCCCCCCCCC(=O)NC(CO)C(O)/C=C/CCCCCCCCCCCCCCCCCCC. The Morgan fingerprint density at radius 3 is 0.951 bits per heavy atom. The molecule has 0 heterocycles. The van der Waals surface area contributed by atoms with Gasteiger partial charge in [0.2, 0.25) is 5.91 Å². The van der Waals surface area contributed by atoms with Crippen LogP contribution in [0.4, 0.5) is 0 Å². The molecule has 1 amide bonds. The van der Waals surface area contributed by atoms with Crippen molar-refractivity contribution in [2.45, 2.75) is 424 Å². The molecule has 0 bridgehead atoms. The molecule has 0 aliphatic carbocycles.